The predicted octanol–water partition coefficient (Wildman–Crippen LogP) is 4.47. The van der Waals surface area contributed by atoms with Crippen LogP contribution in [0.3, 0.4) is 0 Å². The Kier molecular flexibility index (Phi) is 5.27. The third kappa shape index (κ3) is 3.71. The van der Waals surface area contributed by atoms with Crippen molar-refractivity contribution in [2.45, 2.75) is 12.6 Å². The molecule has 4 rings (SSSR count). The Labute approximate surface area is 176 Å². The third-order valence-corrected chi connectivity index (χ3v) is 5.40. The number of halogens is 1. The van der Waals surface area contributed by atoms with Crippen molar-refractivity contribution in [3.05, 3.63) is 106 Å². The molecule has 2 heterocycles. The number of carbonyl (C=O) groups excluding carboxylic acids is 2. The first-order valence-corrected chi connectivity index (χ1v) is 9.84. The molecule has 1 amide bonds. The lowest BCUT2D eigenvalue weighted by Crippen LogP contribution is -2.29. The maximum Gasteiger partial charge on any atom is 0.295 e. The standard InChI is InChI=1S/C23H17BrN2O3/c24-18-8-6-16(7-9-18)20-19(21(27)17-10-12-25-13-11-17)22(28)23(29)26(20)14-15-4-2-1-3-5-15/h1-13,20,27H,14H2. The first kappa shape index (κ1) is 19.1. The van der Waals surface area contributed by atoms with Crippen LogP contribution in [0.15, 0.2) is 89.2 Å². The van der Waals surface area contributed by atoms with Crippen molar-refractivity contribution in [2.75, 3.05) is 0 Å². The summed E-state index contributed by atoms with van der Waals surface area (Å²) in [5.41, 5.74) is 2.18. The SMILES string of the molecule is O=C1C(=O)N(Cc2ccccc2)C(c2ccc(Br)cc2)C1=C(O)c1ccncc1. The number of hydrogen-bond donors (Lipinski definition) is 1. The number of hydrogen-bond acceptors (Lipinski definition) is 4. The highest BCUT2D eigenvalue weighted by Crippen LogP contribution is 2.40. The second kappa shape index (κ2) is 8.01. The number of carbonyl (C=O) groups is 2. The number of aromatic nitrogens is 1. The monoisotopic (exact) mass is 448 g/mol. The van der Waals surface area contributed by atoms with Gasteiger partial charge in [0, 0.05) is 29.0 Å². The number of Topliss-reactive ketones (excluding diaryl/α,β-unsaturated/α-hetero) is 1. The van der Waals surface area contributed by atoms with Gasteiger partial charge in [0.05, 0.1) is 11.6 Å². The van der Waals surface area contributed by atoms with Crippen LogP contribution in [0.5, 0.6) is 0 Å². The van der Waals surface area contributed by atoms with Crippen LogP contribution in [0.2, 0.25) is 0 Å². The smallest absolute Gasteiger partial charge is 0.295 e. The largest absolute Gasteiger partial charge is 0.507 e. The Morgan fingerprint density at radius 1 is 0.966 bits per heavy atom. The van der Waals surface area contributed by atoms with E-state index in [1.165, 1.54) is 17.3 Å². The summed E-state index contributed by atoms with van der Waals surface area (Å²) in [6.45, 7) is 0.263. The minimum Gasteiger partial charge on any atom is -0.507 e. The van der Waals surface area contributed by atoms with Crippen LogP contribution in [0, 0.1) is 0 Å². The summed E-state index contributed by atoms with van der Waals surface area (Å²) in [6, 6.07) is 19.4. The average molecular weight is 449 g/mol. The van der Waals surface area contributed by atoms with Gasteiger partial charge in [0.15, 0.2) is 0 Å². The molecule has 0 bridgehead atoms. The van der Waals surface area contributed by atoms with E-state index in [0.29, 0.717) is 5.56 Å². The van der Waals surface area contributed by atoms with Crippen LogP contribution < -0.4 is 0 Å². The van der Waals surface area contributed by atoms with Gasteiger partial charge in [-0.1, -0.05) is 58.4 Å². The maximum absolute atomic E-state index is 12.9. The topological polar surface area (TPSA) is 70.5 Å². The molecule has 6 heteroatoms. The van der Waals surface area contributed by atoms with E-state index in [4.69, 9.17) is 0 Å². The lowest BCUT2D eigenvalue weighted by molar-refractivity contribution is -0.140. The lowest BCUT2D eigenvalue weighted by atomic mass is 9.95. The average Bonchev–Trinajstić information content (AvgIpc) is 3.00. The molecule has 1 aliphatic heterocycles. The van der Waals surface area contributed by atoms with Crippen LogP contribution in [0.25, 0.3) is 5.76 Å². The van der Waals surface area contributed by atoms with Gasteiger partial charge in [0.2, 0.25) is 0 Å². The van der Waals surface area contributed by atoms with Gasteiger partial charge in [-0.3, -0.25) is 14.6 Å². The molecule has 0 aliphatic carbocycles. The molecular formula is C23H17BrN2O3. The van der Waals surface area contributed by atoms with Gasteiger partial charge in [0.1, 0.15) is 5.76 Å². The second-order valence-electron chi connectivity index (χ2n) is 6.70. The highest BCUT2D eigenvalue weighted by atomic mass is 79.9. The highest BCUT2D eigenvalue weighted by Gasteiger charge is 2.46. The minimum atomic E-state index is -0.692. The van der Waals surface area contributed by atoms with E-state index in [0.717, 1.165) is 15.6 Å². The Morgan fingerprint density at radius 2 is 1.62 bits per heavy atom. The lowest BCUT2D eigenvalue weighted by Gasteiger charge is -2.25. The molecule has 1 fully saturated rings. The molecule has 1 N–H and O–H groups in total. The van der Waals surface area contributed by atoms with E-state index < -0.39 is 17.7 Å². The molecule has 0 saturated carbocycles. The Morgan fingerprint density at radius 3 is 2.28 bits per heavy atom. The summed E-state index contributed by atoms with van der Waals surface area (Å²) >= 11 is 3.41. The highest BCUT2D eigenvalue weighted by molar-refractivity contribution is 9.10. The molecule has 29 heavy (non-hydrogen) atoms. The molecule has 1 unspecified atom stereocenters. The summed E-state index contributed by atoms with van der Waals surface area (Å²) < 4.78 is 0.885. The molecule has 1 aliphatic rings. The molecular weight excluding hydrogens is 432 g/mol. The quantitative estimate of drug-likeness (QED) is 0.363. The third-order valence-electron chi connectivity index (χ3n) is 4.88. The fourth-order valence-corrected chi connectivity index (χ4v) is 3.74. The van der Waals surface area contributed by atoms with Crippen LogP contribution in [-0.4, -0.2) is 26.7 Å². The predicted molar refractivity (Wildman–Crippen MR) is 113 cm³/mol. The van der Waals surface area contributed by atoms with Crippen molar-refractivity contribution in [2.24, 2.45) is 0 Å². The number of amides is 1. The van der Waals surface area contributed by atoms with Crippen molar-refractivity contribution < 1.29 is 14.7 Å². The molecule has 1 aromatic heterocycles. The number of ketones is 1. The van der Waals surface area contributed by atoms with Crippen molar-refractivity contribution in [3.63, 3.8) is 0 Å². The van der Waals surface area contributed by atoms with E-state index in [-0.39, 0.29) is 17.9 Å². The molecule has 1 atom stereocenters. The molecule has 1 saturated heterocycles. The summed E-state index contributed by atoms with van der Waals surface area (Å²) in [5.74, 6) is -1.52. The molecule has 5 nitrogen and oxygen atoms in total. The van der Waals surface area contributed by atoms with Gasteiger partial charge >= 0.3 is 0 Å². The Balaban J connectivity index is 1.86. The second-order valence-corrected chi connectivity index (χ2v) is 7.62. The van der Waals surface area contributed by atoms with Crippen LogP contribution in [-0.2, 0) is 16.1 Å². The van der Waals surface area contributed by atoms with E-state index >= 15 is 0 Å². The van der Waals surface area contributed by atoms with Crippen LogP contribution in [0.1, 0.15) is 22.7 Å². The normalized spacial score (nSPS) is 18.2. The first-order valence-electron chi connectivity index (χ1n) is 9.04. The number of aliphatic hydroxyl groups is 1. The fourth-order valence-electron chi connectivity index (χ4n) is 3.48. The molecule has 3 aromatic rings. The van der Waals surface area contributed by atoms with Crippen molar-refractivity contribution in [1.29, 1.82) is 0 Å². The van der Waals surface area contributed by atoms with Crippen molar-refractivity contribution in [3.8, 4) is 0 Å². The Bertz CT molecular complexity index is 1080. The fraction of sp³-hybridized carbons (Fsp3) is 0.0870. The van der Waals surface area contributed by atoms with E-state index in [9.17, 15) is 14.7 Å². The number of benzene rings is 2. The number of likely N-dealkylation sites (tertiary alicyclic amines) is 1. The van der Waals surface area contributed by atoms with E-state index in [2.05, 4.69) is 20.9 Å². The van der Waals surface area contributed by atoms with Gasteiger partial charge in [-0.25, -0.2) is 0 Å². The molecule has 0 radical (unpaired) electrons. The Hall–Kier alpha value is -3.25. The van der Waals surface area contributed by atoms with E-state index in [1.807, 2.05) is 54.6 Å². The number of nitrogens with zero attached hydrogens (tertiary/aromatic N) is 2. The van der Waals surface area contributed by atoms with Gasteiger partial charge in [-0.05, 0) is 35.4 Å². The number of rotatable bonds is 4. The summed E-state index contributed by atoms with van der Waals surface area (Å²) in [5, 5.41) is 10.9. The van der Waals surface area contributed by atoms with Gasteiger partial charge in [0.25, 0.3) is 11.7 Å². The zero-order valence-electron chi connectivity index (χ0n) is 15.3. The molecule has 144 valence electrons. The van der Waals surface area contributed by atoms with Gasteiger partial charge < -0.3 is 10.0 Å². The van der Waals surface area contributed by atoms with Gasteiger partial charge in [-0.2, -0.15) is 0 Å². The minimum absolute atomic E-state index is 0.0828. The van der Waals surface area contributed by atoms with Gasteiger partial charge in [-0.15, -0.1) is 0 Å². The van der Waals surface area contributed by atoms with Crippen LogP contribution in [0.4, 0.5) is 0 Å². The first-order chi connectivity index (χ1) is 14.1. The molecule has 2 aromatic carbocycles. The zero-order valence-corrected chi connectivity index (χ0v) is 16.9. The summed E-state index contributed by atoms with van der Waals surface area (Å²) in [6.07, 6.45) is 3.06. The zero-order chi connectivity index (χ0) is 20.4. The van der Waals surface area contributed by atoms with Crippen molar-refractivity contribution >= 4 is 33.4 Å². The molecule has 0 spiro atoms. The van der Waals surface area contributed by atoms with Crippen molar-refractivity contribution in [1.82, 2.24) is 9.88 Å². The maximum atomic E-state index is 12.9. The number of pyridine rings is 1. The summed E-state index contributed by atoms with van der Waals surface area (Å²) in [4.78, 5) is 31.3. The van der Waals surface area contributed by atoms with E-state index in [1.54, 1.807) is 12.1 Å². The van der Waals surface area contributed by atoms with Crippen LogP contribution >= 0.6 is 15.9 Å². The number of aliphatic hydroxyl groups excluding tert-OH is 1. The summed E-state index contributed by atoms with van der Waals surface area (Å²) in [7, 11) is 0.